The molecule has 6 nitrogen and oxygen atoms in total. The van der Waals surface area contributed by atoms with E-state index in [1.54, 1.807) is 46.6 Å². The molecule has 0 bridgehead atoms. The molecule has 6 heteroatoms. The molecule has 0 aromatic heterocycles. The van der Waals surface area contributed by atoms with E-state index < -0.39 is 0 Å². The lowest BCUT2D eigenvalue weighted by Gasteiger charge is -2.17. The minimum absolute atomic E-state index is 0.112. The Hall–Kier alpha value is -2.89. The first-order chi connectivity index (χ1) is 12.5. The van der Waals surface area contributed by atoms with E-state index in [0.29, 0.717) is 23.0 Å². The minimum Gasteiger partial charge on any atom is -0.497 e. The molecule has 2 rings (SSSR count). The zero-order chi connectivity index (χ0) is 19.1. The maximum Gasteiger partial charge on any atom is 0.225 e. The molecule has 1 atom stereocenters. The maximum atomic E-state index is 12.5. The summed E-state index contributed by atoms with van der Waals surface area (Å²) in [6, 6.07) is 10.8. The van der Waals surface area contributed by atoms with Gasteiger partial charge in [0.1, 0.15) is 11.5 Å². The molecule has 0 aliphatic carbocycles. The predicted octanol–water partition coefficient (Wildman–Crippen LogP) is 3.14. The van der Waals surface area contributed by atoms with Crippen LogP contribution in [0.15, 0.2) is 36.4 Å². The summed E-state index contributed by atoms with van der Waals surface area (Å²) in [5.41, 5.74) is 1.69. The molecule has 26 heavy (non-hydrogen) atoms. The van der Waals surface area contributed by atoms with Crippen molar-refractivity contribution in [2.24, 2.45) is 0 Å². The quantitative estimate of drug-likeness (QED) is 0.784. The van der Waals surface area contributed by atoms with E-state index in [4.69, 9.17) is 18.9 Å². The number of hydrogen-bond donors (Lipinski definition) is 1. The van der Waals surface area contributed by atoms with Crippen molar-refractivity contribution in [3.05, 3.63) is 47.5 Å². The lowest BCUT2D eigenvalue weighted by atomic mass is 10.1. The molecule has 2 aromatic carbocycles. The molecular formula is C20H25NO5. The van der Waals surface area contributed by atoms with Gasteiger partial charge in [-0.05, 0) is 42.8 Å². The number of rotatable bonds is 8. The van der Waals surface area contributed by atoms with Gasteiger partial charge in [0, 0.05) is 5.56 Å². The Balaban J connectivity index is 2.10. The Morgan fingerprint density at radius 3 is 2.15 bits per heavy atom. The number of hydrogen-bond acceptors (Lipinski definition) is 5. The lowest BCUT2D eigenvalue weighted by molar-refractivity contribution is -0.121. The summed E-state index contributed by atoms with van der Waals surface area (Å²) in [6.45, 7) is 1.92. The highest BCUT2D eigenvalue weighted by Crippen LogP contribution is 2.30. The average Bonchev–Trinajstić information content (AvgIpc) is 2.66. The molecule has 0 heterocycles. The maximum absolute atomic E-state index is 12.5. The first-order valence-electron chi connectivity index (χ1n) is 8.24. The summed E-state index contributed by atoms with van der Waals surface area (Å²) < 4.78 is 21.1. The van der Waals surface area contributed by atoms with Crippen LogP contribution in [0.4, 0.5) is 0 Å². The van der Waals surface area contributed by atoms with Gasteiger partial charge in [0.2, 0.25) is 5.91 Å². The van der Waals surface area contributed by atoms with Crippen molar-refractivity contribution in [1.82, 2.24) is 5.32 Å². The van der Waals surface area contributed by atoms with Crippen LogP contribution < -0.4 is 24.3 Å². The van der Waals surface area contributed by atoms with Gasteiger partial charge in [0.05, 0.1) is 40.9 Å². The number of methoxy groups -OCH3 is 4. The van der Waals surface area contributed by atoms with Gasteiger partial charge >= 0.3 is 0 Å². The highest BCUT2D eigenvalue weighted by molar-refractivity contribution is 5.80. The third-order valence-corrected chi connectivity index (χ3v) is 4.12. The Kier molecular flexibility index (Phi) is 6.72. The fourth-order valence-corrected chi connectivity index (χ4v) is 2.69. The van der Waals surface area contributed by atoms with Gasteiger partial charge in [-0.25, -0.2) is 0 Å². The largest absolute Gasteiger partial charge is 0.497 e. The minimum atomic E-state index is -0.182. The molecule has 0 saturated heterocycles. The van der Waals surface area contributed by atoms with Gasteiger partial charge in [-0.1, -0.05) is 6.07 Å². The molecule has 140 valence electrons. The topological polar surface area (TPSA) is 66.0 Å². The molecule has 0 saturated carbocycles. The fourth-order valence-electron chi connectivity index (χ4n) is 2.69. The first-order valence-corrected chi connectivity index (χ1v) is 8.24. The Morgan fingerprint density at radius 1 is 0.885 bits per heavy atom. The van der Waals surface area contributed by atoms with Crippen molar-refractivity contribution in [2.45, 2.75) is 19.4 Å². The van der Waals surface area contributed by atoms with Crippen LogP contribution >= 0.6 is 0 Å². The zero-order valence-electron chi connectivity index (χ0n) is 15.8. The molecule has 2 aromatic rings. The fraction of sp³-hybridized carbons (Fsp3) is 0.350. The standard InChI is InChI=1S/C20H25NO5/c1-13(14-6-8-18(25-4)19(11-14)26-5)21-20(22)12-15-10-16(23-2)7-9-17(15)24-3/h6-11,13H,12H2,1-5H3,(H,21,22). The van der Waals surface area contributed by atoms with E-state index >= 15 is 0 Å². The Morgan fingerprint density at radius 2 is 1.54 bits per heavy atom. The van der Waals surface area contributed by atoms with Crippen molar-refractivity contribution in [3.8, 4) is 23.0 Å². The first kappa shape index (κ1) is 19.4. The van der Waals surface area contributed by atoms with E-state index in [2.05, 4.69) is 5.32 Å². The highest BCUT2D eigenvalue weighted by Gasteiger charge is 2.15. The van der Waals surface area contributed by atoms with Gasteiger partial charge in [0.25, 0.3) is 0 Å². The van der Waals surface area contributed by atoms with Gasteiger partial charge < -0.3 is 24.3 Å². The average molecular weight is 359 g/mol. The number of carbonyl (C=O) groups excluding carboxylic acids is 1. The highest BCUT2D eigenvalue weighted by atomic mass is 16.5. The normalized spacial score (nSPS) is 11.4. The van der Waals surface area contributed by atoms with Crippen molar-refractivity contribution < 1.29 is 23.7 Å². The smallest absolute Gasteiger partial charge is 0.225 e. The number of nitrogens with one attached hydrogen (secondary N) is 1. The molecular weight excluding hydrogens is 334 g/mol. The summed E-state index contributed by atoms with van der Waals surface area (Å²) >= 11 is 0. The molecule has 1 N–H and O–H groups in total. The van der Waals surface area contributed by atoms with Crippen molar-refractivity contribution in [1.29, 1.82) is 0 Å². The third-order valence-electron chi connectivity index (χ3n) is 4.12. The summed E-state index contributed by atoms with van der Waals surface area (Å²) in [4.78, 5) is 12.5. The number of amides is 1. The van der Waals surface area contributed by atoms with Crippen molar-refractivity contribution >= 4 is 5.91 Å². The molecule has 0 spiro atoms. The van der Waals surface area contributed by atoms with E-state index in [9.17, 15) is 4.79 Å². The van der Waals surface area contributed by atoms with Gasteiger partial charge in [-0.2, -0.15) is 0 Å². The van der Waals surface area contributed by atoms with E-state index in [0.717, 1.165) is 11.1 Å². The van der Waals surface area contributed by atoms with Crippen LogP contribution in [0.1, 0.15) is 24.1 Å². The second-order valence-electron chi connectivity index (χ2n) is 5.76. The van der Waals surface area contributed by atoms with Crippen LogP contribution in [0.25, 0.3) is 0 Å². The van der Waals surface area contributed by atoms with Crippen LogP contribution in [0, 0.1) is 0 Å². The van der Waals surface area contributed by atoms with E-state index in [-0.39, 0.29) is 18.4 Å². The van der Waals surface area contributed by atoms with Gasteiger partial charge in [0.15, 0.2) is 11.5 Å². The second kappa shape index (κ2) is 8.99. The molecule has 1 amide bonds. The summed E-state index contributed by atoms with van der Waals surface area (Å²) in [5.74, 6) is 2.50. The summed E-state index contributed by atoms with van der Waals surface area (Å²) in [6.07, 6.45) is 0.192. The molecule has 1 unspecified atom stereocenters. The molecule has 0 radical (unpaired) electrons. The third kappa shape index (κ3) is 4.59. The van der Waals surface area contributed by atoms with Crippen LogP contribution in [0.3, 0.4) is 0 Å². The van der Waals surface area contributed by atoms with Crippen LogP contribution in [-0.4, -0.2) is 34.3 Å². The monoisotopic (exact) mass is 359 g/mol. The van der Waals surface area contributed by atoms with Crippen molar-refractivity contribution in [3.63, 3.8) is 0 Å². The lowest BCUT2D eigenvalue weighted by Crippen LogP contribution is -2.28. The Bertz CT molecular complexity index is 760. The summed E-state index contributed by atoms with van der Waals surface area (Å²) in [5, 5.41) is 2.99. The Labute approximate surface area is 154 Å². The number of carbonyl (C=O) groups is 1. The van der Waals surface area contributed by atoms with Crippen molar-refractivity contribution in [2.75, 3.05) is 28.4 Å². The zero-order valence-corrected chi connectivity index (χ0v) is 15.8. The molecule has 0 fully saturated rings. The van der Waals surface area contributed by atoms with Gasteiger partial charge in [-0.3, -0.25) is 4.79 Å². The number of benzene rings is 2. The van der Waals surface area contributed by atoms with Crippen LogP contribution in [-0.2, 0) is 11.2 Å². The molecule has 0 aliphatic rings. The number of ether oxygens (including phenoxy) is 4. The van der Waals surface area contributed by atoms with E-state index in [1.165, 1.54) is 0 Å². The van der Waals surface area contributed by atoms with Gasteiger partial charge in [-0.15, -0.1) is 0 Å². The second-order valence-corrected chi connectivity index (χ2v) is 5.76. The predicted molar refractivity (Wildman–Crippen MR) is 99.4 cm³/mol. The van der Waals surface area contributed by atoms with Crippen LogP contribution in [0.2, 0.25) is 0 Å². The van der Waals surface area contributed by atoms with E-state index in [1.807, 2.05) is 25.1 Å². The van der Waals surface area contributed by atoms with Crippen LogP contribution in [0.5, 0.6) is 23.0 Å². The SMILES string of the molecule is COc1ccc(OC)c(CC(=O)NC(C)c2ccc(OC)c(OC)c2)c1. The summed E-state index contributed by atoms with van der Waals surface area (Å²) in [7, 11) is 6.34. The molecule has 0 aliphatic heterocycles.